The number of benzene rings is 2. The average Bonchev–Trinajstić information content (AvgIpc) is 3.02. The maximum Gasteiger partial charge on any atom is 0.287 e. The summed E-state index contributed by atoms with van der Waals surface area (Å²) < 4.78 is 29.3. The smallest absolute Gasteiger partial charge is 0.287 e. The van der Waals surface area contributed by atoms with Crippen LogP contribution in [-0.4, -0.2) is 41.2 Å². The molecule has 0 radical (unpaired) electrons. The third-order valence-corrected chi connectivity index (χ3v) is 5.50. The van der Waals surface area contributed by atoms with Gasteiger partial charge >= 0.3 is 0 Å². The number of fused-ring (bicyclic) bond motifs is 1. The van der Waals surface area contributed by atoms with Crippen molar-refractivity contribution >= 4 is 32.4 Å². The first-order chi connectivity index (χ1) is 13.7. The first kappa shape index (κ1) is 20.9. The highest BCUT2D eigenvalue weighted by Crippen LogP contribution is 2.27. The van der Waals surface area contributed by atoms with Crippen molar-refractivity contribution in [2.45, 2.75) is 18.6 Å². The van der Waals surface area contributed by atoms with Crippen LogP contribution in [0.4, 0.5) is 5.69 Å². The predicted molar refractivity (Wildman–Crippen MR) is 116 cm³/mol. The zero-order valence-electron chi connectivity index (χ0n) is 16.9. The molecule has 7 heteroatoms. The van der Waals surface area contributed by atoms with Crippen molar-refractivity contribution in [2.75, 3.05) is 31.8 Å². The van der Waals surface area contributed by atoms with E-state index in [1.165, 1.54) is 5.56 Å². The second kappa shape index (κ2) is 8.69. The van der Waals surface area contributed by atoms with E-state index in [0.717, 1.165) is 24.8 Å². The number of carbonyl (C=O) groups excluding carboxylic acids is 1. The quantitative estimate of drug-likeness (QED) is 0.572. The van der Waals surface area contributed by atoms with Gasteiger partial charge in [0.1, 0.15) is 5.58 Å². The minimum atomic E-state index is -3.31. The molecule has 0 aliphatic rings. The van der Waals surface area contributed by atoms with Crippen molar-refractivity contribution in [3.63, 3.8) is 0 Å². The third kappa shape index (κ3) is 5.38. The summed E-state index contributed by atoms with van der Waals surface area (Å²) >= 11 is 0. The maximum absolute atomic E-state index is 12.6. The van der Waals surface area contributed by atoms with Crippen LogP contribution in [0, 0.1) is 0 Å². The highest BCUT2D eigenvalue weighted by atomic mass is 32.2. The summed E-state index contributed by atoms with van der Waals surface area (Å²) in [7, 11) is 0.692. The van der Waals surface area contributed by atoms with E-state index in [9.17, 15) is 13.2 Å². The van der Waals surface area contributed by atoms with Crippen molar-refractivity contribution < 1.29 is 17.6 Å². The third-order valence-electron chi connectivity index (χ3n) is 4.69. The number of carbonyl (C=O) groups is 1. The number of nitrogens with one attached hydrogen (secondary N) is 1. The molecule has 154 valence electrons. The number of furan rings is 1. The zero-order chi connectivity index (χ0) is 21.0. The maximum atomic E-state index is 12.6. The van der Waals surface area contributed by atoms with E-state index < -0.39 is 9.84 Å². The normalized spacial score (nSPS) is 11.6. The number of hydrogen-bond acceptors (Lipinski definition) is 5. The summed E-state index contributed by atoms with van der Waals surface area (Å²) in [5.74, 6) is -0.542. The molecule has 1 heterocycles. The SMILES string of the molecule is CN(C)c1ccc(CCCNC(=O)c2oc3ccccc3c2CS(C)(=O)=O)cc1. The lowest BCUT2D eigenvalue weighted by Crippen LogP contribution is -2.25. The van der Waals surface area contributed by atoms with Gasteiger partial charge in [-0.05, 0) is 36.6 Å². The summed E-state index contributed by atoms with van der Waals surface area (Å²) in [6.45, 7) is 0.476. The van der Waals surface area contributed by atoms with Gasteiger partial charge < -0.3 is 14.6 Å². The molecule has 0 spiro atoms. The number of aryl methyl sites for hydroxylation is 1. The minimum Gasteiger partial charge on any atom is -0.451 e. The summed E-state index contributed by atoms with van der Waals surface area (Å²) in [5.41, 5.74) is 3.27. The van der Waals surface area contributed by atoms with Gasteiger partial charge in [-0.3, -0.25) is 4.79 Å². The fourth-order valence-corrected chi connectivity index (χ4v) is 4.03. The van der Waals surface area contributed by atoms with Crippen LogP contribution in [0.2, 0.25) is 0 Å². The van der Waals surface area contributed by atoms with E-state index in [1.54, 1.807) is 24.3 Å². The molecule has 0 bridgehead atoms. The van der Waals surface area contributed by atoms with Crippen LogP contribution < -0.4 is 10.2 Å². The van der Waals surface area contributed by atoms with Gasteiger partial charge in [0, 0.05) is 43.5 Å². The molecule has 1 amide bonds. The van der Waals surface area contributed by atoms with Gasteiger partial charge in [0.2, 0.25) is 0 Å². The number of amides is 1. The molecular formula is C22H26N2O4S. The molecule has 0 unspecified atom stereocenters. The fraction of sp³-hybridized carbons (Fsp3) is 0.318. The second-order valence-corrected chi connectivity index (χ2v) is 9.54. The van der Waals surface area contributed by atoms with Crippen LogP contribution in [-0.2, 0) is 22.0 Å². The van der Waals surface area contributed by atoms with Crippen molar-refractivity contribution in [1.82, 2.24) is 5.32 Å². The molecule has 0 saturated heterocycles. The number of rotatable bonds is 8. The Balaban J connectivity index is 1.64. The Bertz CT molecular complexity index is 1100. The molecule has 0 fully saturated rings. The van der Waals surface area contributed by atoms with Crippen LogP contribution in [0.5, 0.6) is 0 Å². The number of anilines is 1. The zero-order valence-corrected chi connectivity index (χ0v) is 17.8. The van der Waals surface area contributed by atoms with Crippen molar-refractivity contribution in [1.29, 1.82) is 0 Å². The highest BCUT2D eigenvalue weighted by molar-refractivity contribution is 7.89. The summed E-state index contributed by atoms with van der Waals surface area (Å²) in [5, 5.41) is 3.51. The Kier molecular flexibility index (Phi) is 6.27. The first-order valence-electron chi connectivity index (χ1n) is 9.47. The summed E-state index contributed by atoms with van der Waals surface area (Å²) in [6.07, 6.45) is 2.76. The Morgan fingerprint density at radius 3 is 2.41 bits per heavy atom. The van der Waals surface area contributed by atoms with E-state index in [0.29, 0.717) is 23.1 Å². The molecule has 0 atom stereocenters. The monoisotopic (exact) mass is 414 g/mol. The summed E-state index contributed by atoms with van der Waals surface area (Å²) in [4.78, 5) is 14.7. The van der Waals surface area contributed by atoms with Gasteiger partial charge in [-0.1, -0.05) is 30.3 Å². The van der Waals surface area contributed by atoms with Crippen LogP contribution in [0.3, 0.4) is 0 Å². The molecule has 6 nitrogen and oxygen atoms in total. The van der Waals surface area contributed by atoms with Crippen LogP contribution in [0.15, 0.2) is 52.9 Å². The lowest BCUT2D eigenvalue weighted by atomic mass is 10.1. The average molecular weight is 415 g/mol. The molecular weight excluding hydrogens is 388 g/mol. The number of sulfone groups is 1. The minimum absolute atomic E-state index is 0.0759. The van der Waals surface area contributed by atoms with E-state index >= 15 is 0 Å². The van der Waals surface area contributed by atoms with Gasteiger partial charge in [-0.15, -0.1) is 0 Å². The second-order valence-electron chi connectivity index (χ2n) is 7.40. The molecule has 0 aliphatic carbocycles. The largest absolute Gasteiger partial charge is 0.451 e. The standard InChI is InChI=1S/C22H26N2O4S/c1-24(2)17-12-10-16(11-13-17)7-6-14-23-22(25)21-19(15-29(3,26)27)18-8-4-5-9-20(18)28-21/h4-5,8-13H,6-7,14-15H2,1-3H3,(H,23,25). The fourth-order valence-electron chi connectivity index (χ4n) is 3.22. The number of nitrogens with zero attached hydrogens (tertiary/aromatic N) is 1. The number of hydrogen-bond donors (Lipinski definition) is 1. The van der Waals surface area contributed by atoms with Crippen LogP contribution in [0.1, 0.15) is 28.1 Å². The number of para-hydroxylation sites is 1. The molecule has 0 saturated carbocycles. The Hall–Kier alpha value is -2.80. The highest BCUT2D eigenvalue weighted by Gasteiger charge is 2.22. The Labute approximate surface area is 171 Å². The van der Waals surface area contributed by atoms with E-state index in [2.05, 4.69) is 29.6 Å². The Morgan fingerprint density at radius 1 is 1.07 bits per heavy atom. The van der Waals surface area contributed by atoms with Crippen molar-refractivity contribution in [2.24, 2.45) is 0 Å². The predicted octanol–water partition coefficient (Wildman–Crippen LogP) is 3.41. The van der Waals surface area contributed by atoms with E-state index in [1.807, 2.05) is 19.0 Å². The molecule has 2 aromatic carbocycles. The van der Waals surface area contributed by atoms with Crippen molar-refractivity contribution in [3.8, 4) is 0 Å². The molecule has 3 rings (SSSR count). The topological polar surface area (TPSA) is 79.6 Å². The van der Waals surface area contributed by atoms with Crippen LogP contribution in [0.25, 0.3) is 11.0 Å². The van der Waals surface area contributed by atoms with Gasteiger partial charge in [-0.2, -0.15) is 0 Å². The van der Waals surface area contributed by atoms with E-state index in [-0.39, 0.29) is 17.4 Å². The molecule has 0 aliphatic heterocycles. The van der Waals surface area contributed by atoms with Gasteiger partial charge in [-0.25, -0.2) is 8.42 Å². The summed E-state index contributed by atoms with van der Waals surface area (Å²) in [6, 6.07) is 15.4. The molecule has 3 aromatic rings. The van der Waals surface area contributed by atoms with Gasteiger partial charge in [0.05, 0.1) is 5.75 Å². The lowest BCUT2D eigenvalue weighted by molar-refractivity contribution is 0.0926. The first-order valence-corrected chi connectivity index (χ1v) is 11.5. The van der Waals surface area contributed by atoms with E-state index in [4.69, 9.17) is 4.42 Å². The molecule has 1 aromatic heterocycles. The molecule has 29 heavy (non-hydrogen) atoms. The Morgan fingerprint density at radius 2 is 1.76 bits per heavy atom. The lowest BCUT2D eigenvalue weighted by Gasteiger charge is -2.12. The van der Waals surface area contributed by atoms with Crippen LogP contribution >= 0.6 is 0 Å². The van der Waals surface area contributed by atoms with Crippen molar-refractivity contribution in [3.05, 3.63) is 65.4 Å². The van der Waals surface area contributed by atoms with Gasteiger partial charge in [0.15, 0.2) is 15.6 Å². The van der Waals surface area contributed by atoms with Gasteiger partial charge in [0.25, 0.3) is 5.91 Å². The molecule has 1 N–H and O–H groups in total.